The van der Waals surface area contributed by atoms with Crippen molar-refractivity contribution in [1.29, 1.82) is 0 Å². The van der Waals surface area contributed by atoms with E-state index in [0.717, 1.165) is 24.2 Å². The van der Waals surface area contributed by atoms with Crippen LogP contribution in [-0.4, -0.2) is 46.3 Å². The zero-order valence-electron chi connectivity index (χ0n) is 15.6. The molecule has 6 nitrogen and oxygen atoms in total. The molecule has 26 heavy (non-hydrogen) atoms. The number of aromatic nitrogens is 2. The molecule has 1 aliphatic rings. The van der Waals surface area contributed by atoms with E-state index >= 15 is 0 Å². The van der Waals surface area contributed by atoms with Gasteiger partial charge >= 0.3 is 5.97 Å². The Kier molecular flexibility index (Phi) is 5.40. The summed E-state index contributed by atoms with van der Waals surface area (Å²) in [5, 5.41) is 4.39. The molecule has 1 aromatic heterocycles. The molecule has 1 saturated heterocycles. The van der Waals surface area contributed by atoms with Gasteiger partial charge in [0, 0.05) is 13.1 Å². The number of benzene rings is 1. The van der Waals surface area contributed by atoms with Crippen LogP contribution in [0, 0.1) is 19.8 Å². The van der Waals surface area contributed by atoms with E-state index < -0.39 is 0 Å². The third kappa shape index (κ3) is 3.64. The fourth-order valence-corrected chi connectivity index (χ4v) is 3.35. The number of hydrogen-bond acceptors (Lipinski definition) is 4. The van der Waals surface area contributed by atoms with Crippen molar-refractivity contribution >= 4 is 11.9 Å². The van der Waals surface area contributed by atoms with Crippen LogP contribution in [0.2, 0.25) is 0 Å². The van der Waals surface area contributed by atoms with Crippen molar-refractivity contribution in [2.45, 2.75) is 33.6 Å². The number of rotatable bonds is 4. The van der Waals surface area contributed by atoms with Crippen LogP contribution < -0.4 is 0 Å². The fourth-order valence-electron chi connectivity index (χ4n) is 3.35. The number of esters is 1. The Morgan fingerprint density at radius 2 is 1.96 bits per heavy atom. The Morgan fingerprint density at radius 1 is 1.23 bits per heavy atom. The lowest BCUT2D eigenvalue weighted by atomic mass is 9.97. The zero-order chi connectivity index (χ0) is 18.7. The number of carbonyl (C=O) groups is 2. The van der Waals surface area contributed by atoms with Crippen LogP contribution in [0.5, 0.6) is 0 Å². The summed E-state index contributed by atoms with van der Waals surface area (Å²) in [5.41, 5.74) is 3.48. The number of ether oxygens (including phenoxy) is 1. The first-order valence-corrected chi connectivity index (χ1v) is 9.08. The van der Waals surface area contributed by atoms with Crippen molar-refractivity contribution in [3.8, 4) is 5.69 Å². The highest BCUT2D eigenvalue weighted by molar-refractivity contribution is 5.95. The van der Waals surface area contributed by atoms with E-state index in [1.54, 1.807) is 22.7 Å². The quantitative estimate of drug-likeness (QED) is 0.791. The Morgan fingerprint density at radius 3 is 2.65 bits per heavy atom. The molecule has 1 amide bonds. The van der Waals surface area contributed by atoms with E-state index in [2.05, 4.69) is 5.10 Å². The molecule has 0 aliphatic carbocycles. The smallest absolute Gasteiger partial charge is 0.310 e. The summed E-state index contributed by atoms with van der Waals surface area (Å²) in [7, 11) is 0. The van der Waals surface area contributed by atoms with Gasteiger partial charge in [-0.25, -0.2) is 4.68 Å². The maximum absolute atomic E-state index is 13.0. The van der Waals surface area contributed by atoms with Crippen molar-refractivity contribution in [1.82, 2.24) is 14.7 Å². The predicted molar refractivity (Wildman–Crippen MR) is 98.3 cm³/mol. The van der Waals surface area contributed by atoms with Crippen molar-refractivity contribution in [3.63, 3.8) is 0 Å². The van der Waals surface area contributed by atoms with Crippen LogP contribution in [0.15, 0.2) is 30.5 Å². The molecule has 0 saturated carbocycles. The molecule has 2 heterocycles. The Labute approximate surface area is 153 Å². The second-order valence-corrected chi connectivity index (χ2v) is 6.73. The van der Waals surface area contributed by atoms with Crippen LogP contribution >= 0.6 is 0 Å². The van der Waals surface area contributed by atoms with Gasteiger partial charge in [0.25, 0.3) is 5.91 Å². The standard InChI is InChI=1S/C20H25N3O3/c1-4-26-20(25)16-6-5-11-22(13-16)19(24)18-12-21-23(15(18)3)17-9-7-14(2)8-10-17/h7-10,12,16H,4-6,11,13H2,1-3H3/t16-/m1/s1. The van der Waals surface area contributed by atoms with Gasteiger partial charge in [-0.15, -0.1) is 0 Å². The van der Waals surface area contributed by atoms with Crippen molar-refractivity contribution in [2.75, 3.05) is 19.7 Å². The lowest BCUT2D eigenvalue weighted by Crippen LogP contribution is -2.43. The van der Waals surface area contributed by atoms with Gasteiger partial charge in [0.15, 0.2) is 0 Å². The Bertz CT molecular complexity index is 795. The van der Waals surface area contributed by atoms with Gasteiger partial charge in [-0.1, -0.05) is 17.7 Å². The molecule has 0 unspecified atom stereocenters. The minimum Gasteiger partial charge on any atom is -0.466 e. The normalized spacial score (nSPS) is 17.2. The lowest BCUT2D eigenvalue weighted by Gasteiger charge is -2.31. The number of aryl methyl sites for hydroxylation is 1. The molecule has 0 spiro atoms. The van der Waals surface area contributed by atoms with E-state index in [1.807, 2.05) is 38.1 Å². The SMILES string of the molecule is CCOC(=O)[C@@H]1CCCN(C(=O)c2cnn(-c3ccc(C)cc3)c2C)C1. The van der Waals surface area contributed by atoms with E-state index in [0.29, 0.717) is 25.3 Å². The highest BCUT2D eigenvalue weighted by Crippen LogP contribution is 2.22. The van der Waals surface area contributed by atoms with E-state index in [4.69, 9.17) is 4.74 Å². The molecule has 3 rings (SSSR count). The fraction of sp³-hybridized carbons (Fsp3) is 0.450. The van der Waals surface area contributed by atoms with Gasteiger partial charge in [-0.3, -0.25) is 9.59 Å². The highest BCUT2D eigenvalue weighted by Gasteiger charge is 2.31. The number of amides is 1. The molecule has 2 aromatic rings. The second kappa shape index (κ2) is 7.72. The third-order valence-electron chi connectivity index (χ3n) is 4.85. The Hall–Kier alpha value is -2.63. The summed E-state index contributed by atoms with van der Waals surface area (Å²) in [6.45, 7) is 7.16. The van der Waals surface area contributed by atoms with Gasteiger partial charge in [-0.05, 0) is 45.7 Å². The number of carbonyl (C=O) groups excluding carboxylic acids is 2. The van der Waals surface area contributed by atoms with Crippen molar-refractivity contribution < 1.29 is 14.3 Å². The Balaban J connectivity index is 1.78. The van der Waals surface area contributed by atoms with Gasteiger partial charge in [0.1, 0.15) is 0 Å². The first-order chi connectivity index (χ1) is 12.5. The average Bonchev–Trinajstić information content (AvgIpc) is 3.03. The minimum atomic E-state index is -0.236. The average molecular weight is 355 g/mol. The summed E-state index contributed by atoms with van der Waals surface area (Å²) in [5.74, 6) is -0.521. The molecule has 1 fully saturated rings. The lowest BCUT2D eigenvalue weighted by molar-refractivity contribution is -0.149. The molecule has 0 radical (unpaired) electrons. The van der Waals surface area contributed by atoms with E-state index in [9.17, 15) is 9.59 Å². The molecule has 6 heteroatoms. The molecule has 1 atom stereocenters. The third-order valence-corrected chi connectivity index (χ3v) is 4.85. The summed E-state index contributed by atoms with van der Waals surface area (Å²) < 4.78 is 6.89. The van der Waals surface area contributed by atoms with Crippen LogP contribution in [0.1, 0.15) is 41.4 Å². The van der Waals surface area contributed by atoms with Gasteiger partial charge in [0.05, 0.1) is 35.7 Å². The second-order valence-electron chi connectivity index (χ2n) is 6.73. The van der Waals surface area contributed by atoms with Gasteiger partial charge in [-0.2, -0.15) is 5.10 Å². The first-order valence-electron chi connectivity index (χ1n) is 9.08. The largest absolute Gasteiger partial charge is 0.466 e. The molecule has 0 N–H and O–H groups in total. The molecular formula is C20H25N3O3. The number of piperidine rings is 1. The topological polar surface area (TPSA) is 64.4 Å². The van der Waals surface area contributed by atoms with Gasteiger partial charge in [0.2, 0.25) is 0 Å². The van der Waals surface area contributed by atoms with Crippen LogP contribution in [-0.2, 0) is 9.53 Å². The van der Waals surface area contributed by atoms with E-state index in [1.165, 1.54) is 5.56 Å². The number of likely N-dealkylation sites (tertiary alicyclic amines) is 1. The molecular weight excluding hydrogens is 330 g/mol. The molecule has 1 aliphatic heterocycles. The molecule has 0 bridgehead atoms. The number of nitrogens with zero attached hydrogens (tertiary/aromatic N) is 3. The maximum atomic E-state index is 13.0. The predicted octanol–water partition coefficient (Wildman–Crippen LogP) is 2.90. The van der Waals surface area contributed by atoms with Crippen LogP contribution in [0.25, 0.3) is 5.69 Å². The summed E-state index contributed by atoms with van der Waals surface area (Å²) >= 11 is 0. The highest BCUT2D eigenvalue weighted by atomic mass is 16.5. The first kappa shape index (κ1) is 18.2. The minimum absolute atomic E-state index is 0.0742. The van der Waals surface area contributed by atoms with Crippen molar-refractivity contribution in [2.24, 2.45) is 5.92 Å². The molecule has 138 valence electrons. The van der Waals surface area contributed by atoms with Crippen LogP contribution in [0.4, 0.5) is 0 Å². The zero-order valence-corrected chi connectivity index (χ0v) is 15.6. The van der Waals surface area contributed by atoms with Gasteiger partial charge < -0.3 is 9.64 Å². The summed E-state index contributed by atoms with van der Waals surface area (Å²) in [4.78, 5) is 26.7. The molecule has 1 aromatic carbocycles. The summed E-state index contributed by atoms with van der Waals surface area (Å²) in [6, 6.07) is 8.02. The number of hydrogen-bond donors (Lipinski definition) is 0. The maximum Gasteiger partial charge on any atom is 0.310 e. The monoisotopic (exact) mass is 355 g/mol. The van der Waals surface area contributed by atoms with Crippen LogP contribution in [0.3, 0.4) is 0 Å². The van der Waals surface area contributed by atoms with Crippen molar-refractivity contribution in [3.05, 3.63) is 47.3 Å². The van der Waals surface area contributed by atoms with E-state index in [-0.39, 0.29) is 17.8 Å². The summed E-state index contributed by atoms with van der Waals surface area (Å²) in [6.07, 6.45) is 3.19.